The van der Waals surface area contributed by atoms with Gasteiger partial charge in [0, 0.05) is 11.4 Å². The van der Waals surface area contributed by atoms with E-state index in [2.05, 4.69) is 15.8 Å². The molecule has 0 fully saturated rings. The summed E-state index contributed by atoms with van der Waals surface area (Å²) in [5.41, 5.74) is 2.98. The van der Waals surface area contributed by atoms with Crippen molar-refractivity contribution in [2.75, 3.05) is 6.79 Å². The summed E-state index contributed by atoms with van der Waals surface area (Å²) >= 11 is 1.48. The molecule has 2 N–H and O–H groups in total. The summed E-state index contributed by atoms with van der Waals surface area (Å²) in [5.74, 6) is -0.285. The van der Waals surface area contributed by atoms with Gasteiger partial charge in [-0.05, 0) is 29.1 Å². The number of nitrogens with one attached hydrogen (secondary N) is 2. The van der Waals surface area contributed by atoms with Crippen LogP contribution >= 0.6 is 11.3 Å². The van der Waals surface area contributed by atoms with Crippen molar-refractivity contribution in [1.82, 2.24) is 10.7 Å². The molecule has 3 rings (SSSR count). The van der Waals surface area contributed by atoms with Crippen molar-refractivity contribution in [3.63, 3.8) is 0 Å². The van der Waals surface area contributed by atoms with Gasteiger partial charge in [-0.3, -0.25) is 9.59 Å². The molecule has 7 nitrogen and oxygen atoms in total. The van der Waals surface area contributed by atoms with E-state index < -0.39 is 11.8 Å². The van der Waals surface area contributed by atoms with Crippen LogP contribution in [0.5, 0.6) is 11.5 Å². The van der Waals surface area contributed by atoms with Crippen molar-refractivity contribution in [2.45, 2.75) is 6.54 Å². The maximum absolute atomic E-state index is 11.7. The summed E-state index contributed by atoms with van der Waals surface area (Å²) in [6, 6.07) is 9.03. The van der Waals surface area contributed by atoms with Gasteiger partial charge in [-0.25, -0.2) is 5.43 Å². The molecule has 2 aromatic rings. The van der Waals surface area contributed by atoms with Crippen LogP contribution in [-0.2, 0) is 16.1 Å². The number of benzene rings is 1. The molecule has 1 aliphatic heterocycles. The van der Waals surface area contributed by atoms with Crippen LogP contribution in [0.3, 0.4) is 0 Å². The fourth-order valence-electron chi connectivity index (χ4n) is 1.88. The van der Waals surface area contributed by atoms with E-state index in [0.29, 0.717) is 11.5 Å². The Morgan fingerprint density at radius 1 is 1.22 bits per heavy atom. The zero-order chi connectivity index (χ0) is 16.1. The number of carbonyl (C=O) groups excluding carboxylic acids is 2. The molecule has 1 aliphatic rings. The predicted molar refractivity (Wildman–Crippen MR) is 84.5 cm³/mol. The highest BCUT2D eigenvalue weighted by molar-refractivity contribution is 7.11. The van der Waals surface area contributed by atoms with Gasteiger partial charge in [0.1, 0.15) is 0 Å². The molecule has 0 unspecified atom stereocenters. The Morgan fingerprint density at radius 2 is 2.09 bits per heavy atom. The average molecular weight is 331 g/mol. The lowest BCUT2D eigenvalue weighted by atomic mass is 10.2. The molecule has 0 bridgehead atoms. The number of hydrogen-bond acceptors (Lipinski definition) is 6. The molecule has 0 saturated heterocycles. The standard InChI is InChI=1S/C15H13N3O4S/c19-14(15(20)18-17-8-11-2-1-5-23-11)16-7-10-3-4-12-13(6-10)22-9-21-12/h1-6,8H,7,9H2,(H,16,19)(H,18,20)/b17-8+. The van der Waals surface area contributed by atoms with Crippen LogP contribution in [0.2, 0.25) is 0 Å². The van der Waals surface area contributed by atoms with E-state index in [1.807, 2.05) is 17.5 Å². The van der Waals surface area contributed by atoms with Crippen molar-refractivity contribution in [3.8, 4) is 11.5 Å². The Morgan fingerprint density at radius 3 is 2.91 bits per heavy atom. The van der Waals surface area contributed by atoms with Crippen molar-refractivity contribution in [2.24, 2.45) is 5.10 Å². The molecule has 0 atom stereocenters. The molecule has 23 heavy (non-hydrogen) atoms. The SMILES string of the molecule is O=C(NCc1ccc2c(c1)OCO2)C(=O)N/N=C/c1cccs1. The van der Waals surface area contributed by atoms with Gasteiger partial charge in [-0.2, -0.15) is 5.10 Å². The highest BCUT2D eigenvalue weighted by atomic mass is 32.1. The molecule has 0 aliphatic carbocycles. The van der Waals surface area contributed by atoms with Gasteiger partial charge in [-0.1, -0.05) is 12.1 Å². The van der Waals surface area contributed by atoms with Gasteiger partial charge in [-0.15, -0.1) is 11.3 Å². The summed E-state index contributed by atoms with van der Waals surface area (Å²) < 4.78 is 10.5. The Bertz CT molecular complexity index is 743. The Kier molecular flexibility index (Phi) is 4.53. The highest BCUT2D eigenvalue weighted by Gasteiger charge is 2.15. The van der Waals surface area contributed by atoms with E-state index in [0.717, 1.165) is 10.4 Å². The smallest absolute Gasteiger partial charge is 0.329 e. The van der Waals surface area contributed by atoms with Crippen molar-refractivity contribution >= 4 is 29.4 Å². The molecule has 0 saturated carbocycles. The number of hydrazone groups is 1. The number of hydrogen-bond donors (Lipinski definition) is 2. The normalized spacial score (nSPS) is 12.3. The van der Waals surface area contributed by atoms with Crippen LogP contribution in [0.15, 0.2) is 40.8 Å². The number of nitrogens with zero attached hydrogens (tertiary/aromatic N) is 1. The summed E-state index contributed by atoms with van der Waals surface area (Å²) in [6.07, 6.45) is 1.48. The number of ether oxygens (including phenoxy) is 2. The molecule has 0 radical (unpaired) electrons. The van der Waals surface area contributed by atoms with Crippen molar-refractivity contribution < 1.29 is 19.1 Å². The molecule has 0 spiro atoms. The number of rotatable bonds is 4. The largest absolute Gasteiger partial charge is 0.454 e. The summed E-state index contributed by atoms with van der Waals surface area (Å²) in [4.78, 5) is 24.2. The Labute approximate surface area is 135 Å². The molecule has 1 aromatic carbocycles. The zero-order valence-corrected chi connectivity index (χ0v) is 12.8. The number of fused-ring (bicyclic) bond motifs is 1. The topological polar surface area (TPSA) is 89.0 Å². The monoisotopic (exact) mass is 331 g/mol. The first kappa shape index (κ1) is 15.0. The van der Waals surface area contributed by atoms with Gasteiger partial charge >= 0.3 is 11.8 Å². The summed E-state index contributed by atoms with van der Waals surface area (Å²) in [6.45, 7) is 0.396. The molecule has 8 heteroatoms. The second-order valence-electron chi connectivity index (χ2n) is 4.58. The second kappa shape index (κ2) is 6.93. The maximum Gasteiger partial charge on any atom is 0.329 e. The number of carbonyl (C=O) groups is 2. The lowest BCUT2D eigenvalue weighted by molar-refractivity contribution is -0.139. The Hall–Kier alpha value is -2.87. The third-order valence-corrected chi connectivity index (χ3v) is 3.80. The first-order valence-corrected chi connectivity index (χ1v) is 7.63. The van der Waals surface area contributed by atoms with E-state index in [4.69, 9.17) is 9.47 Å². The van der Waals surface area contributed by atoms with Gasteiger partial charge in [0.15, 0.2) is 11.5 Å². The molecule has 2 amide bonds. The highest BCUT2D eigenvalue weighted by Crippen LogP contribution is 2.32. The van der Waals surface area contributed by atoms with Crippen LogP contribution in [-0.4, -0.2) is 24.8 Å². The van der Waals surface area contributed by atoms with E-state index in [9.17, 15) is 9.59 Å². The van der Waals surface area contributed by atoms with Crippen LogP contribution < -0.4 is 20.2 Å². The number of thiophene rings is 1. The van der Waals surface area contributed by atoms with Crippen LogP contribution in [0, 0.1) is 0 Å². The average Bonchev–Trinajstić information content (AvgIpc) is 3.23. The van der Waals surface area contributed by atoms with Crippen LogP contribution in [0.4, 0.5) is 0 Å². The minimum Gasteiger partial charge on any atom is -0.454 e. The minimum absolute atomic E-state index is 0.190. The van der Waals surface area contributed by atoms with E-state index in [-0.39, 0.29) is 13.3 Å². The van der Waals surface area contributed by atoms with Gasteiger partial charge in [0.05, 0.1) is 6.21 Å². The van der Waals surface area contributed by atoms with Gasteiger partial charge < -0.3 is 14.8 Å². The molecule has 118 valence electrons. The Balaban J connectivity index is 1.48. The molecule has 1 aromatic heterocycles. The predicted octanol–water partition coefficient (Wildman–Crippen LogP) is 1.24. The fraction of sp³-hybridized carbons (Fsp3) is 0.133. The van der Waals surface area contributed by atoms with E-state index in [1.165, 1.54) is 17.6 Å². The number of amides is 2. The van der Waals surface area contributed by atoms with Gasteiger partial charge in [0.25, 0.3) is 0 Å². The van der Waals surface area contributed by atoms with Crippen molar-refractivity contribution in [3.05, 3.63) is 46.2 Å². The minimum atomic E-state index is -0.821. The fourth-order valence-corrected chi connectivity index (χ4v) is 2.47. The summed E-state index contributed by atoms with van der Waals surface area (Å²) in [5, 5.41) is 8.13. The lowest BCUT2D eigenvalue weighted by Gasteiger charge is -2.05. The van der Waals surface area contributed by atoms with E-state index in [1.54, 1.807) is 18.2 Å². The first-order valence-electron chi connectivity index (χ1n) is 6.75. The van der Waals surface area contributed by atoms with E-state index >= 15 is 0 Å². The lowest BCUT2D eigenvalue weighted by Crippen LogP contribution is -2.37. The maximum atomic E-state index is 11.7. The molecule has 2 heterocycles. The van der Waals surface area contributed by atoms with Crippen molar-refractivity contribution in [1.29, 1.82) is 0 Å². The third kappa shape index (κ3) is 3.86. The van der Waals surface area contributed by atoms with Gasteiger partial charge in [0.2, 0.25) is 6.79 Å². The van der Waals surface area contributed by atoms with Crippen LogP contribution in [0.25, 0.3) is 0 Å². The molecular weight excluding hydrogens is 318 g/mol. The quantitative estimate of drug-likeness (QED) is 0.501. The molecular formula is C15H13N3O4S. The zero-order valence-electron chi connectivity index (χ0n) is 11.9. The second-order valence-corrected chi connectivity index (χ2v) is 5.56. The van der Waals surface area contributed by atoms with Crippen LogP contribution in [0.1, 0.15) is 10.4 Å². The first-order chi connectivity index (χ1) is 11.2. The third-order valence-electron chi connectivity index (χ3n) is 3.00. The summed E-state index contributed by atoms with van der Waals surface area (Å²) in [7, 11) is 0.